The lowest BCUT2D eigenvalue weighted by Crippen LogP contribution is -2.35. The molecule has 1 N–H and O–H groups in total. The number of aromatic nitrogens is 2. The van der Waals surface area contributed by atoms with E-state index in [1.165, 1.54) is 0 Å². The fraction of sp³-hybridized carbons (Fsp3) is 0.130. The number of imidazole rings is 1. The summed E-state index contributed by atoms with van der Waals surface area (Å²) in [5.41, 5.74) is 2.05. The quantitative estimate of drug-likeness (QED) is 0.555. The minimum absolute atomic E-state index is 0.146. The van der Waals surface area contributed by atoms with Gasteiger partial charge in [0.15, 0.2) is 6.10 Å². The normalized spacial score (nSPS) is 11.9. The topological polar surface area (TPSA) is 56.1 Å². The highest BCUT2D eigenvalue weighted by Crippen LogP contribution is 2.21. The molecule has 0 spiro atoms. The van der Waals surface area contributed by atoms with E-state index in [2.05, 4.69) is 10.3 Å². The van der Waals surface area contributed by atoms with Crippen molar-refractivity contribution in [1.82, 2.24) is 14.9 Å². The van der Waals surface area contributed by atoms with Crippen LogP contribution in [0.15, 0.2) is 85.5 Å². The first kappa shape index (κ1) is 17.8. The number of benzene rings is 3. The van der Waals surface area contributed by atoms with Crippen molar-refractivity contribution in [1.29, 1.82) is 0 Å². The summed E-state index contributed by atoms with van der Waals surface area (Å²) in [7, 11) is 0. The first-order chi connectivity index (χ1) is 13.7. The SMILES string of the molecule is C[C@@H](Oc1ccc2ccccc2c1)C(=O)NCc1ccc(-n2ccnc2)cc1. The first-order valence-corrected chi connectivity index (χ1v) is 9.19. The molecule has 140 valence electrons. The maximum absolute atomic E-state index is 12.4. The Labute approximate surface area is 163 Å². The lowest BCUT2D eigenvalue weighted by molar-refractivity contribution is -0.127. The summed E-state index contributed by atoms with van der Waals surface area (Å²) in [6.45, 7) is 2.21. The zero-order valence-electron chi connectivity index (χ0n) is 15.6. The Hall–Kier alpha value is -3.60. The summed E-state index contributed by atoms with van der Waals surface area (Å²) in [4.78, 5) is 16.4. The zero-order chi connectivity index (χ0) is 19.3. The molecular weight excluding hydrogens is 350 g/mol. The van der Waals surface area contributed by atoms with Gasteiger partial charge in [0.1, 0.15) is 5.75 Å². The largest absolute Gasteiger partial charge is 0.481 e. The molecule has 4 rings (SSSR count). The monoisotopic (exact) mass is 371 g/mol. The Kier molecular flexibility index (Phi) is 5.06. The lowest BCUT2D eigenvalue weighted by Gasteiger charge is -2.15. The molecular formula is C23H21N3O2. The number of nitrogens with one attached hydrogen (secondary N) is 1. The second kappa shape index (κ2) is 7.96. The van der Waals surface area contributed by atoms with E-state index in [0.29, 0.717) is 12.3 Å². The number of rotatable bonds is 6. The highest BCUT2D eigenvalue weighted by atomic mass is 16.5. The molecule has 5 nitrogen and oxygen atoms in total. The van der Waals surface area contributed by atoms with Crippen LogP contribution in [0.1, 0.15) is 12.5 Å². The number of carbonyl (C=O) groups excluding carboxylic acids is 1. The first-order valence-electron chi connectivity index (χ1n) is 9.19. The van der Waals surface area contributed by atoms with E-state index < -0.39 is 6.10 Å². The van der Waals surface area contributed by atoms with Gasteiger partial charge in [-0.15, -0.1) is 0 Å². The third-order valence-electron chi connectivity index (χ3n) is 4.61. The Bertz CT molecular complexity index is 1070. The molecule has 5 heteroatoms. The third kappa shape index (κ3) is 4.04. The third-order valence-corrected chi connectivity index (χ3v) is 4.61. The molecule has 0 aliphatic carbocycles. The van der Waals surface area contributed by atoms with Crippen molar-refractivity contribution in [3.8, 4) is 11.4 Å². The number of carbonyl (C=O) groups is 1. The van der Waals surface area contributed by atoms with Crippen LogP contribution in [0.3, 0.4) is 0 Å². The van der Waals surface area contributed by atoms with Crippen molar-refractivity contribution < 1.29 is 9.53 Å². The molecule has 1 atom stereocenters. The number of amides is 1. The molecule has 28 heavy (non-hydrogen) atoms. The number of hydrogen-bond donors (Lipinski definition) is 1. The van der Waals surface area contributed by atoms with Gasteiger partial charge in [-0.25, -0.2) is 4.98 Å². The molecule has 0 saturated heterocycles. The van der Waals surface area contributed by atoms with Crippen LogP contribution in [0.2, 0.25) is 0 Å². The van der Waals surface area contributed by atoms with Crippen molar-refractivity contribution in [2.75, 3.05) is 0 Å². The maximum Gasteiger partial charge on any atom is 0.261 e. The van der Waals surface area contributed by atoms with Gasteiger partial charge in [-0.05, 0) is 47.5 Å². The van der Waals surface area contributed by atoms with E-state index in [4.69, 9.17) is 4.74 Å². The minimum atomic E-state index is -0.577. The number of nitrogens with zero attached hydrogens (tertiary/aromatic N) is 2. The van der Waals surface area contributed by atoms with Crippen LogP contribution >= 0.6 is 0 Å². The van der Waals surface area contributed by atoms with Crippen molar-refractivity contribution in [3.05, 3.63) is 91.0 Å². The average molecular weight is 371 g/mol. The predicted octanol–water partition coefficient (Wildman–Crippen LogP) is 4.11. The summed E-state index contributed by atoms with van der Waals surface area (Å²) in [5, 5.41) is 5.16. The standard InChI is InChI=1S/C23H21N3O2/c1-17(28-22-11-8-19-4-2-3-5-20(19)14-22)23(27)25-15-18-6-9-21(10-7-18)26-13-12-24-16-26/h2-14,16-17H,15H2,1H3,(H,25,27)/t17-/m1/s1. The molecule has 0 aliphatic rings. The molecule has 1 aromatic heterocycles. The molecule has 1 heterocycles. The van der Waals surface area contributed by atoms with Crippen molar-refractivity contribution >= 4 is 16.7 Å². The van der Waals surface area contributed by atoms with E-state index in [9.17, 15) is 4.79 Å². The summed E-state index contributed by atoms with van der Waals surface area (Å²) in [5.74, 6) is 0.540. The Balaban J connectivity index is 1.33. The number of ether oxygens (including phenoxy) is 1. The molecule has 0 radical (unpaired) electrons. The van der Waals surface area contributed by atoms with Gasteiger partial charge in [-0.2, -0.15) is 0 Å². The van der Waals surface area contributed by atoms with Gasteiger partial charge in [0.25, 0.3) is 5.91 Å². The lowest BCUT2D eigenvalue weighted by atomic mass is 10.1. The highest BCUT2D eigenvalue weighted by Gasteiger charge is 2.14. The Morgan fingerprint density at radius 1 is 1.07 bits per heavy atom. The van der Waals surface area contributed by atoms with Gasteiger partial charge in [-0.1, -0.05) is 42.5 Å². The van der Waals surface area contributed by atoms with Crippen LogP contribution in [-0.2, 0) is 11.3 Å². The zero-order valence-corrected chi connectivity index (χ0v) is 15.6. The summed E-state index contributed by atoms with van der Waals surface area (Å²) in [6, 6.07) is 21.9. The highest BCUT2D eigenvalue weighted by molar-refractivity contribution is 5.84. The minimum Gasteiger partial charge on any atom is -0.481 e. The maximum atomic E-state index is 12.4. The van der Waals surface area contributed by atoms with Gasteiger partial charge < -0.3 is 14.6 Å². The molecule has 0 aliphatic heterocycles. The van der Waals surface area contributed by atoms with Gasteiger partial charge in [0.05, 0.1) is 6.33 Å². The molecule has 4 aromatic rings. The van der Waals surface area contributed by atoms with E-state index >= 15 is 0 Å². The van der Waals surface area contributed by atoms with Crippen molar-refractivity contribution in [2.24, 2.45) is 0 Å². The molecule has 0 fully saturated rings. The van der Waals surface area contributed by atoms with Crippen molar-refractivity contribution in [2.45, 2.75) is 19.6 Å². The van der Waals surface area contributed by atoms with Crippen LogP contribution in [0, 0.1) is 0 Å². The summed E-state index contributed by atoms with van der Waals surface area (Å²) < 4.78 is 7.75. The predicted molar refractivity (Wildman–Crippen MR) is 109 cm³/mol. The van der Waals surface area contributed by atoms with Crippen molar-refractivity contribution in [3.63, 3.8) is 0 Å². The second-order valence-corrected chi connectivity index (χ2v) is 6.62. The summed E-state index contributed by atoms with van der Waals surface area (Å²) >= 11 is 0. The van der Waals surface area contributed by atoms with Gasteiger partial charge in [0.2, 0.25) is 0 Å². The summed E-state index contributed by atoms with van der Waals surface area (Å²) in [6.07, 6.45) is 4.81. The van der Waals surface area contributed by atoms with Gasteiger partial charge in [-0.3, -0.25) is 4.79 Å². The molecule has 0 unspecified atom stereocenters. The molecule has 3 aromatic carbocycles. The van der Waals surface area contributed by atoms with Crippen LogP contribution in [0.5, 0.6) is 5.75 Å². The molecule has 0 bridgehead atoms. The smallest absolute Gasteiger partial charge is 0.261 e. The molecule has 0 saturated carbocycles. The molecule has 1 amide bonds. The fourth-order valence-corrected chi connectivity index (χ4v) is 3.03. The number of fused-ring (bicyclic) bond motifs is 1. The van der Waals surface area contributed by atoms with E-state index in [-0.39, 0.29) is 5.91 Å². The van der Waals surface area contributed by atoms with E-state index in [1.807, 2.05) is 77.5 Å². The van der Waals surface area contributed by atoms with Crippen LogP contribution in [0.4, 0.5) is 0 Å². The van der Waals surface area contributed by atoms with E-state index in [1.54, 1.807) is 19.4 Å². The number of hydrogen-bond acceptors (Lipinski definition) is 3. The van der Waals surface area contributed by atoms with Crippen LogP contribution in [-0.4, -0.2) is 21.6 Å². The van der Waals surface area contributed by atoms with Crippen LogP contribution in [0.25, 0.3) is 16.5 Å². The van der Waals surface area contributed by atoms with Gasteiger partial charge in [0, 0.05) is 24.6 Å². The van der Waals surface area contributed by atoms with E-state index in [0.717, 1.165) is 22.0 Å². The van der Waals surface area contributed by atoms with Gasteiger partial charge >= 0.3 is 0 Å². The van der Waals surface area contributed by atoms with Crippen LogP contribution < -0.4 is 10.1 Å². The second-order valence-electron chi connectivity index (χ2n) is 6.62. The Morgan fingerprint density at radius 2 is 1.86 bits per heavy atom. The average Bonchev–Trinajstić information content (AvgIpc) is 3.27. The Morgan fingerprint density at radius 3 is 2.61 bits per heavy atom. The fourth-order valence-electron chi connectivity index (χ4n) is 3.03.